The highest BCUT2D eigenvalue weighted by atomic mass is 16.5. The number of benzene rings is 1. The molecule has 17 heavy (non-hydrogen) atoms. The van der Waals surface area contributed by atoms with Crippen LogP contribution in [0.15, 0.2) is 24.3 Å². The van der Waals surface area contributed by atoms with E-state index in [0.717, 1.165) is 17.0 Å². The molecule has 2 rings (SSSR count). The highest BCUT2D eigenvalue weighted by Gasteiger charge is 2.13. The van der Waals surface area contributed by atoms with E-state index in [1.165, 1.54) is 0 Å². The minimum Gasteiger partial charge on any atom is -0.497 e. The van der Waals surface area contributed by atoms with Gasteiger partial charge in [0.1, 0.15) is 5.75 Å². The minimum atomic E-state index is 0.347. The van der Waals surface area contributed by atoms with Gasteiger partial charge in [0.05, 0.1) is 12.8 Å². The number of methoxy groups -OCH3 is 1. The zero-order valence-corrected chi connectivity index (χ0v) is 9.75. The summed E-state index contributed by atoms with van der Waals surface area (Å²) in [5.41, 5.74) is 1.94. The second-order valence-corrected chi connectivity index (χ2v) is 3.49. The zero-order valence-electron chi connectivity index (χ0n) is 9.75. The van der Waals surface area contributed by atoms with Gasteiger partial charge in [-0.3, -0.25) is 4.79 Å². The molecule has 0 unspecified atom stereocenters. The van der Waals surface area contributed by atoms with Crippen LogP contribution in [-0.2, 0) is 6.54 Å². The second-order valence-electron chi connectivity index (χ2n) is 3.49. The Bertz CT molecular complexity index is 534. The minimum absolute atomic E-state index is 0.347. The Morgan fingerprint density at radius 2 is 2.29 bits per heavy atom. The van der Waals surface area contributed by atoms with Crippen LogP contribution in [0.5, 0.6) is 5.75 Å². The van der Waals surface area contributed by atoms with Crippen molar-refractivity contribution in [3.8, 4) is 17.0 Å². The Kier molecular flexibility index (Phi) is 3.18. The number of aldehydes is 1. The molecule has 0 aliphatic rings. The first-order valence-corrected chi connectivity index (χ1v) is 5.33. The van der Waals surface area contributed by atoms with E-state index in [4.69, 9.17) is 4.74 Å². The molecule has 0 bridgehead atoms. The van der Waals surface area contributed by atoms with Crippen molar-refractivity contribution in [1.82, 2.24) is 15.0 Å². The molecule has 0 aliphatic carbocycles. The quantitative estimate of drug-likeness (QED) is 0.753. The van der Waals surface area contributed by atoms with Crippen LogP contribution in [0.3, 0.4) is 0 Å². The maximum Gasteiger partial charge on any atom is 0.172 e. The van der Waals surface area contributed by atoms with Crippen molar-refractivity contribution in [3.05, 3.63) is 30.0 Å². The Morgan fingerprint density at radius 3 is 2.94 bits per heavy atom. The molecular weight excluding hydrogens is 218 g/mol. The summed E-state index contributed by atoms with van der Waals surface area (Å²) in [7, 11) is 1.61. The molecule has 5 heteroatoms. The molecule has 1 heterocycles. The Balaban J connectivity index is 2.57. The van der Waals surface area contributed by atoms with Crippen molar-refractivity contribution in [2.45, 2.75) is 13.5 Å². The number of carbonyl (C=O) groups is 1. The van der Waals surface area contributed by atoms with Crippen molar-refractivity contribution >= 4 is 6.29 Å². The van der Waals surface area contributed by atoms with Crippen LogP contribution in [0.4, 0.5) is 0 Å². The van der Waals surface area contributed by atoms with E-state index in [9.17, 15) is 4.79 Å². The number of aromatic nitrogens is 3. The largest absolute Gasteiger partial charge is 0.497 e. The van der Waals surface area contributed by atoms with Crippen molar-refractivity contribution < 1.29 is 9.53 Å². The van der Waals surface area contributed by atoms with E-state index in [1.54, 1.807) is 11.8 Å². The summed E-state index contributed by atoms with van der Waals surface area (Å²) in [6.07, 6.45) is 0.716. The third kappa shape index (κ3) is 2.04. The first kappa shape index (κ1) is 11.3. The lowest BCUT2D eigenvalue weighted by Gasteiger charge is -2.06. The molecule has 0 saturated heterocycles. The topological polar surface area (TPSA) is 57.0 Å². The number of aryl methyl sites for hydroxylation is 1. The van der Waals surface area contributed by atoms with Crippen LogP contribution in [0.2, 0.25) is 0 Å². The number of rotatable bonds is 4. The molecule has 0 saturated carbocycles. The van der Waals surface area contributed by atoms with Gasteiger partial charge in [-0.05, 0) is 19.1 Å². The van der Waals surface area contributed by atoms with Gasteiger partial charge in [0.25, 0.3) is 0 Å². The number of carbonyl (C=O) groups excluding carboxylic acids is 1. The van der Waals surface area contributed by atoms with Gasteiger partial charge in [-0.1, -0.05) is 17.3 Å². The van der Waals surface area contributed by atoms with E-state index >= 15 is 0 Å². The predicted octanol–water partition coefficient (Wildman–Crippen LogP) is 1.79. The average Bonchev–Trinajstić information content (AvgIpc) is 2.81. The van der Waals surface area contributed by atoms with Crippen molar-refractivity contribution in [3.63, 3.8) is 0 Å². The van der Waals surface area contributed by atoms with E-state index in [-0.39, 0.29) is 0 Å². The summed E-state index contributed by atoms with van der Waals surface area (Å²) >= 11 is 0. The fourth-order valence-electron chi connectivity index (χ4n) is 1.69. The van der Waals surface area contributed by atoms with Gasteiger partial charge in [0, 0.05) is 12.1 Å². The lowest BCUT2D eigenvalue weighted by atomic mass is 10.1. The maximum absolute atomic E-state index is 10.9. The summed E-state index contributed by atoms with van der Waals surface area (Å²) in [6.45, 7) is 2.61. The normalized spacial score (nSPS) is 10.2. The lowest BCUT2D eigenvalue weighted by molar-refractivity contribution is 0.111. The van der Waals surface area contributed by atoms with Gasteiger partial charge < -0.3 is 4.74 Å². The Morgan fingerprint density at radius 1 is 1.47 bits per heavy atom. The summed E-state index contributed by atoms with van der Waals surface area (Å²) < 4.78 is 6.85. The van der Waals surface area contributed by atoms with E-state index in [1.807, 2.05) is 31.2 Å². The standard InChI is InChI=1S/C12H13N3O2/c1-3-15-12(11(8-16)13-14-15)9-5-4-6-10(7-9)17-2/h4-8H,3H2,1-2H3. The van der Waals surface area contributed by atoms with E-state index in [2.05, 4.69) is 10.3 Å². The van der Waals surface area contributed by atoms with Crippen LogP contribution < -0.4 is 4.74 Å². The average molecular weight is 231 g/mol. The Hall–Kier alpha value is -2.17. The number of nitrogens with zero attached hydrogens (tertiary/aromatic N) is 3. The molecule has 0 N–H and O–H groups in total. The van der Waals surface area contributed by atoms with E-state index < -0.39 is 0 Å². The zero-order chi connectivity index (χ0) is 12.3. The predicted molar refractivity (Wildman–Crippen MR) is 63.1 cm³/mol. The van der Waals surface area contributed by atoms with Gasteiger partial charge in [-0.2, -0.15) is 0 Å². The summed E-state index contributed by atoms with van der Waals surface area (Å²) in [5.74, 6) is 0.739. The number of ether oxygens (including phenoxy) is 1. The molecule has 0 spiro atoms. The first-order valence-electron chi connectivity index (χ1n) is 5.33. The maximum atomic E-state index is 10.9. The molecule has 0 amide bonds. The van der Waals surface area contributed by atoms with E-state index in [0.29, 0.717) is 18.5 Å². The number of hydrogen-bond acceptors (Lipinski definition) is 4. The van der Waals surface area contributed by atoms with Gasteiger partial charge >= 0.3 is 0 Å². The SMILES string of the molecule is CCn1nnc(C=O)c1-c1cccc(OC)c1. The monoisotopic (exact) mass is 231 g/mol. The van der Waals surface area contributed by atoms with Gasteiger partial charge in [-0.15, -0.1) is 5.10 Å². The third-order valence-corrected chi connectivity index (χ3v) is 2.52. The van der Waals surface area contributed by atoms with Gasteiger partial charge in [0.15, 0.2) is 12.0 Å². The van der Waals surface area contributed by atoms with Crippen LogP contribution in [0.1, 0.15) is 17.4 Å². The van der Waals surface area contributed by atoms with Gasteiger partial charge in [0.2, 0.25) is 0 Å². The fraction of sp³-hybridized carbons (Fsp3) is 0.250. The van der Waals surface area contributed by atoms with Crippen molar-refractivity contribution in [1.29, 1.82) is 0 Å². The van der Waals surface area contributed by atoms with Crippen LogP contribution >= 0.6 is 0 Å². The molecule has 2 aromatic rings. The molecule has 0 aliphatic heterocycles. The third-order valence-electron chi connectivity index (χ3n) is 2.52. The molecule has 0 atom stereocenters. The van der Waals surface area contributed by atoms with Crippen molar-refractivity contribution in [2.24, 2.45) is 0 Å². The molecule has 1 aromatic carbocycles. The lowest BCUT2D eigenvalue weighted by Crippen LogP contribution is -2.00. The smallest absolute Gasteiger partial charge is 0.172 e. The molecule has 0 fully saturated rings. The molecule has 5 nitrogen and oxygen atoms in total. The molecule has 1 aromatic heterocycles. The van der Waals surface area contributed by atoms with Crippen LogP contribution in [0, 0.1) is 0 Å². The molecular formula is C12H13N3O2. The summed E-state index contributed by atoms with van der Waals surface area (Å²) in [4.78, 5) is 10.9. The Labute approximate surface area is 99.0 Å². The highest BCUT2D eigenvalue weighted by Crippen LogP contribution is 2.25. The van der Waals surface area contributed by atoms with Gasteiger partial charge in [-0.25, -0.2) is 4.68 Å². The van der Waals surface area contributed by atoms with Crippen molar-refractivity contribution in [2.75, 3.05) is 7.11 Å². The highest BCUT2D eigenvalue weighted by molar-refractivity contribution is 5.83. The number of hydrogen-bond donors (Lipinski definition) is 0. The fourth-order valence-corrected chi connectivity index (χ4v) is 1.69. The summed E-state index contributed by atoms with van der Waals surface area (Å²) in [6, 6.07) is 7.48. The first-order chi connectivity index (χ1) is 8.30. The molecule has 88 valence electrons. The van der Waals surface area contributed by atoms with Crippen LogP contribution in [0.25, 0.3) is 11.3 Å². The second kappa shape index (κ2) is 4.78. The van der Waals surface area contributed by atoms with Crippen LogP contribution in [-0.4, -0.2) is 28.4 Å². The summed E-state index contributed by atoms with van der Waals surface area (Å²) in [5, 5.41) is 7.77. The molecule has 0 radical (unpaired) electrons.